The molecule has 3 rings (SSSR count). The lowest BCUT2D eigenvalue weighted by Crippen LogP contribution is -2.31. The van der Waals surface area contributed by atoms with Gasteiger partial charge in [0.1, 0.15) is 5.82 Å². The van der Waals surface area contributed by atoms with Crippen molar-refractivity contribution in [2.75, 3.05) is 19.3 Å². The maximum atomic E-state index is 12.7. The normalized spacial score (nSPS) is 15.8. The fourth-order valence-corrected chi connectivity index (χ4v) is 3.21. The Morgan fingerprint density at radius 2 is 2.17 bits per heavy atom. The molecular weight excluding hydrogens is 304 g/mol. The van der Waals surface area contributed by atoms with E-state index in [0.717, 1.165) is 42.0 Å². The van der Waals surface area contributed by atoms with E-state index in [1.807, 2.05) is 33.2 Å². The van der Waals surface area contributed by atoms with Crippen molar-refractivity contribution in [1.29, 1.82) is 0 Å². The molecule has 2 aromatic heterocycles. The Labute approximate surface area is 141 Å². The van der Waals surface area contributed by atoms with Gasteiger partial charge in [0.2, 0.25) is 0 Å². The summed E-state index contributed by atoms with van der Waals surface area (Å²) in [6.45, 7) is 5.63. The zero-order valence-corrected chi connectivity index (χ0v) is 14.6. The van der Waals surface area contributed by atoms with Crippen LogP contribution in [0.1, 0.15) is 45.8 Å². The third-order valence-electron chi connectivity index (χ3n) is 4.50. The average molecular weight is 328 g/mol. The fourth-order valence-electron chi connectivity index (χ4n) is 3.21. The first kappa shape index (κ1) is 16.4. The van der Waals surface area contributed by atoms with Gasteiger partial charge in [-0.15, -0.1) is 0 Å². The minimum atomic E-state index is -0.202. The van der Waals surface area contributed by atoms with E-state index < -0.39 is 0 Å². The SMILES string of the molecule is Cc1nn(C)cc1C(C)NC(=O)c1cc2c(nc1N)CCN(C)C2. The van der Waals surface area contributed by atoms with Crippen LogP contribution in [-0.4, -0.2) is 39.2 Å². The lowest BCUT2D eigenvalue weighted by Gasteiger charge is -2.25. The Morgan fingerprint density at radius 3 is 2.83 bits per heavy atom. The molecule has 1 aliphatic heterocycles. The number of pyridine rings is 1. The van der Waals surface area contributed by atoms with Gasteiger partial charge in [0.05, 0.1) is 17.3 Å². The number of hydrogen-bond acceptors (Lipinski definition) is 5. The quantitative estimate of drug-likeness (QED) is 0.883. The van der Waals surface area contributed by atoms with Crippen molar-refractivity contribution in [2.45, 2.75) is 32.9 Å². The van der Waals surface area contributed by atoms with E-state index in [9.17, 15) is 4.79 Å². The number of nitrogens with one attached hydrogen (secondary N) is 1. The molecule has 0 spiro atoms. The smallest absolute Gasteiger partial charge is 0.255 e. The van der Waals surface area contributed by atoms with Gasteiger partial charge in [-0.05, 0) is 32.5 Å². The summed E-state index contributed by atoms with van der Waals surface area (Å²) in [5.74, 6) is 0.0951. The molecule has 0 aliphatic carbocycles. The zero-order valence-electron chi connectivity index (χ0n) is 14.6. The maximum Gasteiger partial charge on any atom is 0.255 e. The molecule has 0 aromatic carbocycles. The van der Waals surface area contributed by atoms with Crippen LogP contribution >= 0.6 is 0 Å². The maximum absolute atomic E-state index is 12.7. The van der Waals surface area contributed by atoms with Crippen molar-refractivity contribution in [2.24, 2.45) is 7.05 Å². The average Bonchev–Trinajstić information content (AvgIpc) is 2.85. The Hall–Kier alpha value is -2.41. The molecule has 3 N–H and O–H groups in total. The number of amides is 1. The second-order valence-electron chi connectivity index (χ2n) is 6.55. The highest BCUT2D eigenvalue weighted by Gasteiger charge is 2.21. The largest absolute Gasteiger partial charge is 0.383 e. The van der Waals surface area contributed by atoms with Crippen molar-refractivity contribution in [3.8, 4) is 0 Å². The van der Waals surface area contributed by atoms with Gasteiger partial charge in [-0.3, -0.25) is 9.48 Å². The van der Waals surface area contributed by atoms with Gasteiger partial charge >= 0.3 is 0 Å². The molecule has 0 saturated heterocycles. The van der Waals surface area contributed by atoms with E-state index in [2.05, 4.69) is 27.3 Å². The zero-order chi connectivity index (χ0) is 17.4. The predicted molar refractivity (Wildman–Crippen MR) is 92.5 cm³/mol. The van der Waals surface area contributed by atoms with Crippen LogP contribution < -0.4 is 11.1 Å². The summed E-state index contributed by atoms with van der Waals surface area (Å²) in [7, 11) is 3.93. The number of aryl methyl sites for hydroxylation is 2. The fraction of sp³-hybridized carbons (Fsp3) is 0.471. The number of carbonyl (C=O) groups is 1. The summed E-state index contributed by atoms with van der Waals surface area (Å²) < 4.78 is 1.75. The van der Waals surface area contributed by atoms with Crippen LogP contribution in [0.3, 0.4) is 0 Å². The van der Waals surface area contributed by atoms with Gasteiger partial charge in [0.25, 0.3) is 5.91 Å². The number of anilines is 1. The summed E-state index contributed by atoms with van der Waals surface area (Å²) >= 11 is 0. The molecule has 0 radical (unpaired) electrons. The first-order valence-corrected chi connectivity index (χ1v) is 8.13. The Bertz CT molecular complexity index is 782. The molecule has 7 heteroatoms. The first-order valence-electron chi connectivity index (χ1n) is 8.13. The van der Waals surface area contributed by atoms with Gasteiger partial charge in [-0.25, -0.2) is 4.98 Å². The molecule has 0 saturated carbocycles. The van der Waals surface area contributed by atoms with Crippen LogP contribution in [0.5, 0.6) is 0 Å². The number of aromatic nitrogens is 3. The van der Waals surface area contributed by atoms with Crippen molar-refractivity contribution in [1.82, 2.24) is 25.0 Å². The van der Waals surface area contributed by atoms with Gasteiger partial charge < -0.3 is 16.0 Å². The number of nitrogen functional groups attached to an aromatic ring is 1. The molecule has 7 nitrogen and oxygen atoms in total. The Kier molecular flexibility index (Phi) is 4.28. The van der Waals surface area contributed by atoms with Crippen molar-refractivity contribution < 1.29 is 4.79 Å². The predicted octanol–water partition coefficient (Wildman–Crippen LogP) is 1.18. The molecule has 128 valence electrons. The summed E-state index contributed by atoms with van der Waals surface area (Å²) in [6.07, 6.45) is 2.78. The molecular formula is C17H24N6O. The summed E-state index contributed by atoms with van der Waals surface area (Å²) in [5.41, 5.74) is 10.4. The highest BCUT2D eigenvalue weighted by molar-refractivity contribution is 5.98. The molecule has 1 unspecified atom stereocenters. The topological polar surface area (TPSA) is 89.1 Å². The van der Waals surface area contributed by atoms with E-state index >= 15 is 0 Å². The molecule has 1 atom stereocenters. The summed E-state index contributed by atoms with van der Waals surface area (Å²) in [4.78, 5) is 19.3. The second-order valence-corrected chi connectivity index (χ2v) is 6.55. The lowest BCUT2D eigenvalue weighted by atomic mass is 10.0. The van der Waals surface area contributed by atoms with Crippen LogP contribution in [0.4, 0.5) is 5.82 Å². The number of rotatable bonds is 3. The van der Waals surface area contributed by atoms with Crippen LogP contribution in [-0.2, 0) is 20.0 Å². The third-order valence-corrected chi connectivity index (χ3v) is 4.50. The Morgan fingerprint density at radius 1 is 1.42 bits per heavy atom. The number of nitrogens with two attached hydrogens (primary N) is 1. The second kappa shape index (κ2) is 6.24. The number of fused-ring (bicyclic) bond motifs is 1. The number of carbonyl (C=O) groups excluding carboxylic acids is 1. The van der Waals surface area contributed by atoms with Crippen LogP contribution in [0.25, 0.3) is 0 Å². The van der Waals surface area contributed by atoms with Gasteiger partial charge in [-0.1, -0.05) is 0 Å². The lowest BCUT2D eigenvalue weighted by molar-refractivity contribution is 0.0940. The highest BCUT2D eigenvalue weighted by Crippen LogP contribution is 2.22. The standard InChI is InChI=1S/C17H24N6O/c1-10(14-9-23(4)21-11(14)2)19-17(24)13-7-12-8-22(3)6-5-15(12)20-16(13)18/h7,9-10H,5-6,8H2,1-4H3,(H2,18,20)(H,19,24). The number of likely N-dealkylation sites (N-methyl/N-ethyl adjacent to an activating group) is 1. The highest BCUT2D eigenvalue weighted by atomic mass is 16.1. The monoisotopic (exact) mass is 328 g/mol. The van der Waals surface area contributed by atoms with Crippen molar-refractivity contribution in [3.63, 3.8) is 0 Å². The van der Waals surface area contributed by atoms with E-state index in [1.54, 1.807) is 4.68 Å². The van der Waals surface area contributed by atoms with Crippen LogP contribution in [0.15, 0.2) is 12.3 Å². The minimum Gasteiger partial charge on any atom is -0.383 e. The van der Waals surface area contributed by atoms with Gasteiger partial charge in [0, 0.05) is 44.0 Å². The summed E-state index contributed by atoms with van der Waals surface area (Å²) in [6, 6.07) is 1.73. The molecule has 0 bridgehead atoms. The van der Waals surface area contributed by atoms with Gasteiger partial charge in [0.15, 0.2) is 0 Å². The molecule has 3 heterocycles. The van der Waals surface area contributed by atoms with Crippen molar-refractivity contribution in [3.05, 3.63) is 40.3 Å². The molecule has 24 heavy (non-hydrogen) atoms. The summed E-state index contributed by atoms with van der Waals surface area (Å²) in [5, 5.41) is 7.32. The third kappa shape index (κ3) is 3.12. The molecule has 1 amide bonds. The molecule has 2 aromatic rings. The van der Waals surface area contributed by atoms with E-state index in [0.29, 0.717) is 11.4 Å². The first-order chi connectivity index (χ1) is 11.3. The van der Waals surface area contributed by atoms with E-state index in [4.69, 9.17) is 5.73 Å². The van der Waals surface area contributed by atoms with E-state index in [-0.39, 0.29) is 11.9 Å². The van der Waals surface area contributed by atoms with Gasteiger partial charge in [-0.2, -0.15) is 5.10 Å². The molecule has 1 aliphatic rings. The number of hydrogen-bond donors (Lipinski definition) is 2. The Balaban J connectivity index is 1.82. The molecule has 0 fully saturated rings. The minimum absolute atomic E-state index is 0.149. The number of nitrogens with zero attached hydrogens (tertiary/aromatic N) is 4. The van der Waals surface area contributed by atoms with Crippen LogP contribution in [0.2, 0.25) is 0 Å². The van der Waals surface area contributed by atoms with Crippen molar-refractivity contribution >= 4 is 11.7 Å². The van der Waals surface area contributed by atoms with E-state index in [1.165, 1.54) is 0 Å². The van der Waals surface area contributed by atoms with Crippen LogP contribution in [0, 0.1) is 6.92 Å².